The van der Waals surface area contributed by atoms with Crippen LogP contribution in [0.2, 0.25) is 0 Å². The predicted molar refractivity (Wildman–Crippen MR) is 139 cm³/mol. The summed E-state index contributed by atoms with van der Waals surface area (Å²) >= 11 is 1.56. The molecule has 1 aliphatic carbocycles. The Morgan fingerprint density at radius 1 is 1.25 bits per heavy atom. The number of Topliss-reactive ketones (excluding diaryl/α,β-unsaturated/α-hetero) is 1. The Balaban J connectivity index is 1.35. The van der Waals surface area contributed by atoms with Gasteiger partial charge in [-0.25, -0.2) is 4.98 Å². The molecule has 2 aliphatic rings. The number of likely N-dealkylation sites (tertiary alicyclic amines) is 1. The van der Waals surface area contributed by atoms with Crippen LogP contribution in [0, 0.1) is 12.3 Å². The molecule has 2 aromatic heterocycles. The van der Waals surface area contributed by atoms with E-state index < -0.39 is 5.41 Å². The van der Waals surface area contributed by atoms with E-state index in [9.17, 15) is 14.7 Å². The third kappa shape index (κ3) is 4.12. The Morgan fingerprint density at radius 3 is 2.64 bits per heavy atom. The number of benzene rings is 1. The van der Waals surface area contributed by atoms with Gasteiger partial charge in [-0.1, -0.05) is 13.8 Å². The van der Waals surface area contributed by atoms with E-state index in [4.69, 9.17) is 4.74 Å². The first-order chi connectivity index (χ1) is 17.1. The van der Waals surface area contributed by atoms with Crippen molar-refractivity contribution < 1.29 is 19.4 Å². The lowest BCUT2D eigenvalue weighted by atomic mass is 9.68. The molecule has 192 valence electrons. The van der Waals surface area contributed by atoms with Gasteiger partial charge in [-0.2, -0.15) is 5.10 Å². The number of carbonyl (C=O) groups excluding carboxylic acids is 2. The second kappa shape index (κ2) is 8.95. The van der Waals surface area contributed by atoms with E-state index in [1.165, 1.54) is 0 Å². The number of piperidine rings is 1. The smallest absolute Gasteiger partial charge is 0.254 e. The first kappa shape index (κ1) is 24.9. The fourth-order valence-electron chi connectivity index (χ4n) is 5.53. The molecule has 3 aromatic rings. The quantitative estimate of drug-likeness (QED) is 0.556. The number of aliphatic hydroxyl groups excluding tert-OH is 1. The van der Waals surface area contributed by atoms with Crippen molar-refractivity contribution in [1.29, 1.82) is 0 Å². The molecule has 36 heavy (non-hydrogen) atoms. The Labute approximate surface area is 215 Å². The van der Waals surface area contributed by atoms with Crippen LogP contribution in [0.1, 0.15) is 76.5 Å². The summed E-state index contributed by atoms with van der Waals surface area (Å²) in [6.07, 6.45) is 2.85. The summed E-state index contributed by atoms with van der Waals surface area (Å²) in [4.78, 5) is 34.2. The molecule has 1 fully saturated rings. The molecule has 0 bridgehead atoms. The van der Waals surface area contributed by atoms with E-state index in [0.717, 1.165) is 45.7 Å². The van der Waals surface area contributed by atoms with Gasteiger partial charge < -0.3 is 14.7 Å². The molecular weight excluding hydrogens is 476 g/mol. The van der Waals surface area contributed by atoms with Gasteiger partial charge in [-0.15, -0.1) is 11.3 Å². The number of aromatic nitrogens is 3. The number of fused-ring (bicyclic) bond motifs is 2. The molecule has 1 aromatic carbocycles. The lowest BCUT2D eigenvalue weighted by Crippen LogP contribution is -2.46. The molecule has 1 amide bonds. The van der Waals surface area contributed by atoms with Crippen LogP contribution in [0.25, 0.3) is 10.9 Å². The number of carbonyl (C=O) groups is 2. The number of ketones is 1. The molecule has 1 N–H and O–H groups in total. The standard InChI is InChI=1S/C27H34N4O4S/c1-6-35-20-12-17(11-18-16(2)29-30(5)23(18)20)24(34)31-9-7-27(8-10-31)13-19(33)22-21(14-27)36-25(28-22)26(3,4)15-32/h11-12,32H,6-10,13-15H2,1-5H3. The normalized spacial score (nSPS) is 17.6. The van der Waals surface area contributed by atoms with Crippen molar-refractivity contribution in [3.05, 3.63) is 39.0 Å². The average molecular weight is 511 g/mol. The molecule has 1 aliphatic heterocycles. The monoisotopic (exact) mass is 510 g/mol. The van der Waals surface area contributed by atoms with Crippen LogP contribution in [0.4, 0.5) is 0 Å². The van der Waals surface area contributed by atoms with Crippen LogP contribution in [-0.4, -0.2) is 62.8 Å². The summed E-state index contributed by atoms with van der Waals surface area (Å²) < 4.78 is 7.67. The molecule has 1 spiro atoms. The van der Waals surface area contributed by atoms with Crippen molar-refractivity contribution in [3.8, 4) is 5.75 Å². The van der Waals surface area contributed by atoms with Crippen molar-refractivity contribution in [2.24, 2.45) is 12.5 Å². The Hall–Kier alpha value is -2.78. The molecule has 5 rings (SSSR count). The summed E-state index contributed by atoms with van der Waals surface area (Å²) in [5, 5.41) is 16.0. The maximum absolute atomic E-state index is 13.5. The summed E-state index contributed by atoms with van der Waals surface area (Å²) in [6.45, 7) is 9.50. The summed E-state index contributed by atoms with van der Waals surface area (Å²) in [5.74, 6) is 0.752. The highest BCUT2D eigenvalue weighted by Gasteiger charge is 2.44. The molecule has 0 unspecified atom stereocenters. The van der Waals surface area contributed by atoms with E-state index in [0.29, 0.717) is 43.1 Å². The van der Waals surface area contributed by atoms with E-state index in [-0.39, 0.29) is 23.7 Å². The highest BCUT2D eigenvalue weighted by molar-refractivity contribution is 7.12. The van der Waals surface area contributed by atoms with Crippen molar-refractivity contribution in [1.82, 2.24) is 19.7 Å². The largest absolute Gasteiger partial charge is 0.492 e. The number of aryl methyl sites for hydroxylation is 2. The van der Waals surface area contributed by atoms with E-state index in [1.807, 2.05) is 51.8 Å². The number of hydrogen-bond acceptors (Lipinski definition) is 7. The van der Waals surface area contributed by atoms with Crippen LogP contribution in [0.5, 0.6) is 5.75 Å². The highest BCUT2D eigenvalue weighted by atomic mass is 32.1. The van der Waals surface area contributed by atoms with Gasteiger partial charge in [0.2, 0.25) is 0 Å². The fourth-order valence-corrected chi connectivity index (χ4v) is 6.88. The lowest BCUT2D eigenvalue weighted by Gasteiger charge is -2.43. The number of ether oxygens (including phenoxy) is 1. The molecule has 3 heterocycles. The topological polar surface area (TPSA) is 97.6 Å². The molecule has 0 atom stereocenters. The van der Waals surface area contributed by atoms with E-state index in [2.05, 4.69) is 10.1 Å². The van der Waals surface area contributed by atoms with E-state index in [1.54, 1.807) is 16.0 Å². The van der Waals surface area contributed by atoms with Crippen molar-refractivity contribution >= 4 is 33.9 Å². The second-order valence-corrected chi connectivity index (χ2v) is 12.0. The van der Waals surface area contributed by atoms with Crippen LogP contribution in [0.15, 0.2) is 12.1 Å². The Kier molecular flexibility index (Phi) is 6.19. The van der Waals surface area contributed by atoms with Crippen molar-refractivity contribution in [3.63, 3.8) is 0 Å². The number of rotatable bonds is 5. The maximum atomic E-state index is 13.5. The number of thiazole rings is 1. The van der Waals surface area contributed by atoms with Crippen LogP contribution in [0.3, 0.4) is 0 Å². The minimum absolute atomic E-state index is 0.00876. The van der Waals surface area contributed by atoms with Gasteiger partial charge in [-0.05, 0) is 50.7 Å². The van der Waals surface area contributed by atoms with Crippen LogP contribution >= 0.6 is 11.3 Å². The third-order valence-corrected chi connectivity index (χ3v) is 9.17. The highest BCUT2D eigenvalue weighted by Crippen LogP contribution is 2.46. The second-order valence-electron chi connectivity index (χ2n) is 10.9. The van der Waals surface area contributed by atoms with Gasteiger partial charge in [-0.3, -0.25) is 14.3 Å². The van der Waals surface area contributed by atoms with Crippen LogP contribution in [-0.2, 0) is 18.9 Å². The molecular formula is C27H34N4O4S. The van der Waals surface area contributed by atoms with Crippen molar-refractivity contribution in [2.75, 3.05) is 26.3 Å². The first-order valence-electron chi connectivity index (χ1n) is 12.6. The summed E-state index contributed by atoms with van der Waals surface area (Å²) in [6, 6.07) is 3.75. The number of amides is 1. The average Bonchev–Trinajstić information content (AvgIpc) is 3.41. The molecule has 1 saturated heterocycles. The van der Waals surface area contributed by atoms with Gasteiger partial charge in [0.25, 0.3) is 5.91 Å². The zero-order valence-corrected chi connectivity index (χ0v) is 22.5. The zero-order valence-electron chi connectivity index (χ0n) is 21.7. The minimum Gasteiger partial charge on any atom is -0.492 e. The Bertz CT molecular complexity index is 1350. The first-order valence-corrected chi connectivity index (χ1v) is 13.4. The minimum atomic E-state index is -0.459. The molecule has 8 nitrogen and oxygen atoms in total. The van der Waals surface area contributed by atoms with Gasteiger partial charge in [0.1, 0.15) is 22.0 Å². The Morgan fingerprint density at radius 2 is 1.97 bits per heavy atom. The summed E-state index contributed by atoms with van der Waals surface area (Å²) in [7, 11) is 1.89. The van der Waals surface area contributed by atoms with Crippen molar-refractivity contribution in [2.45, 2.75) is 58.8 Å². The van der Waals surface area contributed by atoms with Gasteiger partial charge in [0.15, 0.2) is 5.78 Å². The van der Waals surface area contributed by atoms with Gasteiger partial charge in [0.05, 0.1) is 18.9 Å². The zero-order chi connectivity index (χ0) is 25.8. The molecule has 0 radical (unpaired) electrons. The SMILES string of the molecule is CCOc1cc(C(=O)N2CCC3(CC2)CC(=O)c2nc(C(C)(C)CO)sc2C3)cc2c(C)nn(C)c12. The summed E-state index contributed by atoms with van der Waals surface area (Å²) in [5.41, 5.74) is 2.37. The third-order valence-electron chi connectivity index (χ3n) is 7.75. The van der Waals surface area contributed by atoms with Gasteiger partial charge >= 0.3 is 0 Å². The predicted octanol–water partition coefficient (Wildman–Crippen LogP) is 4.06. The molecule has 0 saturated carbocycles. The molecule has 9 heteroatoms. The van der Waals surface area contributed by atoms with Crippen LogP contribution < -0.4 is 4.74 Å². The number of nitrogens with zero attached hydrogens (tertiary/aromatic N) is 4. The van der Waals surface area contributed by atoms with Gasteiger partial charge in [0, 0.05) is 47.8 Å². The maximum Gasteiger partial charge on any atom is 0.254 e. The fraction of sp³-hybridized carbons (Fsp3) is 0.556. The van der Waals surface area contributed by atoms with E-state index >= 15 is 0 Å². The lowest BCUT2D eigenvalue weighted by molar-refractivity contribution is 0.0521. The number of hydrogen-bond donors (Lipinski definition) is 1. The number of aliphatic hydroxyl groups is 1.